The summed E-state index contributed by atoms with van der Waals surface area (Å²) in [5.74, 6) is -0.379. The Labute approximate surface area is 123 Å². The van der Waals surface area contributed by atoms with E-state index in [-0.39, 0.29) is 18.4 Å². The van der Waals surface area contributed by atoms with Crippen molar-refractivity contribution in [1.82, 2.24) is 0 Å². The summed E-state index contributed by atoms with van der Waals surface area (Å²) in [5, 5.41) is 5.43. The first-order chi connectivity index (χ1) is 9.97. The van der Waals surface area contributed by atoms with Gasteiger partial charge in [0.1, 0.15) is 5.82 Å². The van der Waals surface area contributed by atoms with Crippen LogP contribution in [0.15, 0.2) is 36.4 Å². The fourth-order valence-corrected chi connectivity index (χ4v) is 2.18. The second kappa shape index (κ2) is 6.37. The number of aryl methyl sites for hydroxylation is 2. The van der Waals surface area contributed by atoms with Gasteiger partial charge in [0, 0.05) is 17.9 Å². The average Bonchev–Trinajstić information content (AvgIpc) is 2.39. The highest BCUT2D eigenvalue weighted by molar-refractivity contribution is 6.00. The number of carbonyl (C=O) groups is 1. The van der Waals surface area contributed by atoms with Crippen LogP contribution in [0.3, 0.4) is 0 Å². The van der Waals surface area contributed by atoms with Gasteiger partial charge in [-0.3, -0.25) is 0 Å². The van der Waals surface area contributed by atoms with E-state index in [1.165, 1.54) is 18.2 Å². The summed E-state index contributed by atoms with van der Waals surface area (Å²) in [6.45, 7) is 4.07. The molecular weight excluding hydrogens is 269 g/mol. The average molecular weight is 287 g/mol. The maximum Gasteiger partial charge on any atom is 0.323 e. The molecule has 0 spiro atoms. The summed E-state index contributed by atoms with van der Waals surface area (Å²) < 4.78 is 13.1. The molecule has 0 unspecified atom stereocenters. The number of hydrogen-bond donors (Lipinski definition) is 3. The van der Waals surface area contributed by atoms with Gasteiger partial charge in [0.2, 0.25) is 0 Å². The van der Waals surface area contributed by atoms with Crippen LogP contribution in [-0.2, 0) is 6.54 Å². The first-order valence-electron chi connectivity index (χ1n) is 6.62. The summed E-state index contributed by atoms with van der Waals surface area (Å²) in [7, 11) is 0. The van der Waals surface area contributed by atoms with Gasteiger partial charge in [-0.25, -0.2) is 9.18 Å². The van der Waals surface area contributed by atoms with Crippen LogP contribution in [-0.4, -0.2) is 6.03 Å². The second-order valence-corrected chi connectivity index (χ2v) is 4.96. The molecule has 2 aromatic rings. The van der Waals surface area contributed by atoms with Crippen molar-refractivity contribution in [2.24, 2.45) is 5.73 Å². The van der Waals surface area contributed by atoms with E-state index < -0.39 is 0 Å². The number of nitrogens with one attached hydrogen (secondary N) is 2. The number of hydrogen-bond acceptors (Lipinski definition) is 2. The molecule has 0 saturated heterocycles. The van der Waals surface area contributed by atoms with Crippen LogP contribution in [0.25, 0.3) is 0 Å². The summed E-state index contributed by atoms with van der Waals surface area (Å²) in [6, 6.07) is 9.48. The number of anilines is 2. The minimum absolute atomic E-state index is 0.150. The predicted molar refractivity (Wildman–Crippen MR) is 82.8 cm³/mol. The molecule has 2 amide bonds. The molecule has 110 valence electrons. The maximum absolute atomic E-state index is 13.1. The Morgan fingerprint density at radius 1 is 1.10 bits per heavy atom. The van der Waals surface area contributed by atoms with E-state index in [1.807, 2.05) is 32.0 Å². The molecule has 0 aliphatic rings. The maximum atomic E-state index is 13.1. The smallest absolute Gasteiger partial charge is 0.323 e. The van der Waals surface area contributed by atoms with Crippen LogP contribution in [0, 0.1) is 19.7 Å². The third-order valence-corrected chi connectivity index (χ3v) is 3.01. The fourth-order valence-electron chi connectivity index (χ4n) is 2.18. The number of rotatable bonds is 3. The molecule has 4 nitrogen and oxygen atoms in total. The molecule has 0 fully saturated rings. The highest BCUT2D eigenvalue weighted by Crippen LogP contribution is 2.18. The van der Waals surface area contributed by atoms with Crippen LogP contribution in [0.4, 0.5) is 20.6 Å². The molecule has 2 rings (SSSR count). The monoisotopic (exact) mass is 287 g/mol. The quantitative estimate of drug-likeness (QED) is 0.808. The van der Waals surface area contributed by atoms with Crippen molar-refractivity contribution in [3.05, 3.63) is 58.9 Å². The van der Waals surface area contributed by atoms with E-state index in [1.54, 1.807) is 0 Å². The lowest BCUT2D eigenvalue weighted by Crippen LogP contribution is -2.21. The zero-order valence-electron chi connectivity index (χ0n) is 12.0. The topological polar surface area (TPSA) is 67.2 Å². The molecule has 0 aliphatic heterocycles. The third kappa shape index (κ3) is 4.03. The van der Waals surface area contributed by atoms with Gasteiger partial charge in [0.25, 0.3) is 0 Å². The molecule has 0 atom stereocenters. The normalized spacial score (nSPS) is 10.3. The van der Waals surface area contributed by atoms with Gasteiger partial charge in [-0.15, -0.1) is 0 Å². The Bertz CT molecular complexity index is 650. The number of nitrogens with two attached hydrogens (primary N) is 1. The van der Waals surface area contributed by atoms with Gasteiger partial charge in [0.15, 0.2) is 0 Å². The van der Waals surface area contributed by atoms with E-state index in [4.69, 9.17) is 5.73 Å². The van der Waals surface area contributed by atoms with Crippen LogP contribution in [0.1, 0.15) is 16.7 Å². The lowest BCUT2D eigenvalue weighted by atomic mass is 10.1. The predicted octanol–water partition coefficient (Wildman–Crippen LogP) is 3.55. The first-order valence-corrected chi connectivity index (χ1v) is 6.62. The van der Waals surface area contributed by atoms with Crippen LogP contribution in [0.2, 0.25) is 0 Å². The largest absolute Gasteiger partial charge is 0.326 e. The third-order valence-electron chi connectivity index (χ3n) is 3.01. The number of benzene rings is 2. The molecule has 2 aromatic carbocycles. The lowest BCUT2D eigenvalue weighted by Gasteiger charge is -2.12. The summed E-state index contributed by atoms with van der Waals surface area (Å²) >= 11 is 0. The zero-order valence-corrected chi connectivity index (χ0v) is 12.0. The molecule has 4 N–H and O–H groups in total. The van der Waals surface area contributed by atoms with Crippen molar-refractivity contribution in [1.29, 1.82) is 0 Å². The Kier molecular flexibility index (Phi) is 4.55. The number of carbonyl (C=O) groups excluding carboxylic acids is 1. The van der Waals surface area contributed by atoms with E-state index in [2.05, 4.69) is 10.6 Å². The van der Waals surface area contributed by atoms with E-state index in [0.717, 1.165) is 11.1 Å². The lowest BCUT2D eigenvalue weighted by molar-refractivity contribution is 0.262. The van der Waals surface area contributed by atoms with Crippen molar-refractivity contribution in [2.45, 2.75) is 20.4 Å². The van der Waals surface area contributed by atoms with Crippen LogP contribution >= 0.6 is 0 Å². The molecule has 0 heterocycles. The van der Waals surface area contributed by atoms with Gasteiger partial charge in [0.05, 0.1) is 0 Å². The molecule has 0 aliphatic carbocycles. The highest BCUT2D eigenvalue weighted by atomic mass is 19.1. The van der Waals surface area contributed by atoms with Crippen molar-refractivity contribution in [3.63, 3.8) is 0 Å². The van der Waals surface area contributed by atoms with Crippen molar-refractivity contribution < 1.29 is 9.18 Å². The van der Waals surface area contributed by atoms with E-state index in [0.29, 0.717) is 16.9 Å². The molecule has 21 heavy (non-hydrogen) atoms. The minimum atomic E-state index is -0.388. The molecule has 0 bridgehead atoms. The highest BCUT2D eigenvalue weighted by Gasteiger charge is 2.08. The summed E-state index contributed by atoms with van der Waals surface area (Å²) in [4.78, 5) is 12.0. The van der Waals surface area contributed by atoms with Crippen LogP contribution < -0.4 is 16.4 Å². The van der Waals surface area contributed by atoms with Crippen LogP contribution in [0.5, 0.6) is 0 Å². The van der Waals surface area contributed by atoms with Gasteiger partial charge in [-0.1, -0.05) is 6.07 Å². The minimum Gasteiger partial charge on any atom is -0.326 e. The number of amides is 2. The first kappa shape index (κ1) is 15.0. The standard InChI is InChI=1S/C16H18FN3O/c1-10-5-11(2)7-14(6-10)19-16(21)20-15-4-3-13(17)8-12(15)9-18/h3-8H,9,18H2,1-2H3,(H2,19,20,21). The summed E-state index contributed by atoms with van der Waals surface area (Å²) in [6.07, 6.45) is 0. The van der Waals surface area contributed by atoms with Gasteiger partial charge < -0.3 is 16.4 Å². The molecule has 0 saturated carbocycles. The zero-order chi connectivity index (χ0) is 15.4. The number of urea groups is 1. The van der Waals surface area contributed by atoms with Crippen molar-refractivity contribution in [2.75, 3.05) is 10.6 Å². The van der Waals surface area contributed by atoms with Gasteiger partial charge in [-0.2, -0.15) is 0 Å². The second-order valence-electron chi connectivity index (χ2n) is 4.96. The fraction of sp³-hybridized carbons (Fsp3) is 0.188. The summed E-state index contributed by atoms with van der Waals surface area (Å²) in [5.41, 5.74) is 9.44. The molecule has 0 radical (unpaired) electrons. The molecular formula is C16H18FN3O. The molecule has 5 heteroatoms. The van der Waals surface area contributed by atoms with Crippen molar-refractivity contribution >= 4 is 17.4 Å². The Balaban J connectivity index is 2.11. The Morgan fingerprint density at radius 2 is 1.76 bits per heavy atom. The van der Waals surface area contributed by atoms with Gasteiger partial charge >= 0.3 is 6.03 Å². The SMILES string of the molecule is Cc1cc(C)cc(NC(=O)Nc2ccc(F)cc2CN)c1. The Morgan fingerprint density at radius 3 is 2.38 bits per heavy atom. The van der Waals surface area contributed by atoms with Crippen molar-refractivity contribution in [3.8, 4) is 0 Å². The van der Waals surface area contributed by atoms with E-state index >= 15 is 0 Å². The van der Waals surface area contributed by atoms with E-state index in [9.17, 15) is 9.18 Å². The van der Waals surface area contributed by atoms with Gasteiger partial charge in [-0.05, 0) is 60.9 Å². The Hall–Kier alpha value is -2.40. The number of halogens is 1. The molecule has 0 aromatic heterocycles.